The van der Waals surface area contributed by atoms with Crippen molar-refractivity contribution < 1.29 is 13.9 Å². The van der Waals surface area contributed by atoms with Crippen molar-refractivity contribution in [2.75, 3.05) is 13.7 Å². The van der Waals surface area contributed by atoms with Gasteiger partial charge in [0.2, 0.25) is 5.54 Å². The van der Waals surface area contributed by atoms with Gasteiger partial charge < -0.3 is 14.1 Å². The predicted molar refractivity (Wildman–Crippen MR) is 89.2 cm³/mol. The number of methoxy groups -OCH3 is 1. The number of aromatic amines is 1. The van der Waals surface area contributed by atoms with Crippen molar-refractivity contribution in [2.24, 2.45) is 0 Å². The maximum Gasteiger partial charge on any atom is 0.340 e. The summed E-state index contributed by atoms with van der Waals surface area (Å²) in [4.78, 5) is 16.1. The van der Waals surface area contributed by atoms with Crippen molar-refractivity contribution in [3.63, 3.8) is 0 Å². The summed E-state index contributed by atoms with van der Waals surface area (Å²) in [5.41, 5.74) is 1.75. The van der Waals surface area contributed by atoms with Gasteiger partial charge in [0.15, 0.2) is 0 Å². The Hall–Kier alpha value is -2.05. The van der Waals surface area contributed by atoms with Gasteiger partial charge in [0.05, 0.1) is 19.1 Å². The number of carbonyl (C=O) groups is 1. The first kappa shape index (κ1) is 14.5. The third kappa shape index (κ3) is 1.98. The molecular formula is C17H15BrN2O3. The number of benzene rings is 1. The van der Waals surface area contributed by atoms with Gasteiger partial charge in [-0.1, -0.05) is 22.0 Å². The molecule has 5 nitrogen and oxygen atoms in total. The van der Waals surface area contributed by atoms with Crippen LogP contribution in [0.4, 0.5) is 0 Å². The zero-order valence-corrected chi connectivity index (χ0v) is 14.1. The lowest BCUT2D eigenvalue weighted by molar-refractivity contribution is -0.148. The van der Waals surface area contributed by atoms with E-state index >= 15 is 0 Å². The second-order valence-electron chi connectivity index (χ2n) is 5.56. The highest BCUT2D eigenvalue weighted by molar-refractivity contribution is 9.10. The number of carbonyl (C=O) groups excluding carboxylic acids is 1. The summed E-state index contributed by atoms with van der Waals surface area (Å²) in [6, 6.07) is 9.64. The van der Waals surface area contributed by atoms with Crippen molar-refractivity contribution in [2.45, 2.75) is 12.0 Å². The van der Waals surface area contributed by atoms with Crippen LogP contribution in [0.5, 0.6) is 0 Å². The number of aromatic nitrogens is 1. The number of furan rings is 1. The van der Waals surface area contributed by atoms with E-state index in [1.54, 1.807) is 18.4 Å². The van der Waals surface area contributed by atoms with Crippen molar-refractivity contribution in [1.82, 2.24) is 10.3 Å². The fourth-order valence-corrected chi connectivity index (χ4v) is 3.76. The molecule has 1 aliphatic heterocycles. The van der Waals surface area contributed by atoms with Crippen LogP contribution >= 0.6 is 15.9 Å². The maximum absolute atomic E-state index is 12.7. The highest BCUT2D eigenvalue weighted by Gasteiger charge is 2.50. The first-order valence-electron chi connectivity index (χ1n) is 7.35. The molecule has 1 aliphatic rings. The molecule has 0 aliphatic carbocycles. The van der Waals surface area contributed by atoms with E-state index in [0.717, 1.165) is 33.1 Å². The fourth-order valence-electron chi connectivity index (χ4n) is 3.40. The third-order valence-electron chi connectivity index (χ3n) is 4.39. The minimum atomic E-state index is -1.14. The van der Waals surface area contributed by atoms with Gasteiger partial charge in [0.1, 0.15) is 5.76 Å². The van der Waals surface area contributed by atoms with E-state index in [-0.39, 0.29) is 5.97 Å². The molecule has 6 heteroatoms. The number of hydrogen-bond donors (Lipinski definition) is 2. The molecule has 0 fully saturated rings. The van der Waals surface area contributed by atoms with Crippen LogP contribution in [-0.4, -0.2) is 24.6 Å². The molecule has 1 atom stereocenters. The van der Waals surface area contributed by atoms with Gasteiger partial charge >= 0.3 is 5.97 Å². The van der Waals surface area contributed by atoms with Gasteiger partial charge in [-0.05, 0) is 36.2 Å². The number of fused-ring (bicyclic) bond motifs is 3. The Kier molecular flexibility index (Phi) is 3.32. The Bertz CT molecular complexity index is 885. The van der Waals surface area contributed by atoms with Crippen LogP contribution in [0.1, 0.15) is 17.0 Å². The average molecular weight is 375 g/mol. The van der Waals surface area contributed by atoms with E-state index in [2.05, 4.69) is 32.3 Å². The van der Waals surface area contributed by atoms with Gasteiger partial charge in [-0.15, -0.1) is 0 Å². The maximum atomic E-state index is 12.7. The van der Waals surface area contributed by atoms with Crippen LogP contribution in [-0.2, 0) is 21.5 Å². The van der Waals surface area contributed by atoms with Crippen molar-refractivity contribution in [3.8, 4) is 0 Å². The third-order valence-corrected chi connectivity index (χ3v) is 4.88. The van der Waals surface area contributed by atoms with Gasteiger partial charge in [-0.3, -0.25) is 5.32 Å². The molecule has 0 amide bonds. The first-order chi connectivity index (χ1) is 11.2. The highest BCUT2D eigenvalue weighted by Crippen LogP contribution is 2.39. The standard InChI is InChI=1S/C17H15BrN2O3/c1-22-16(21)17(14-3-2-8-23-14)15-12(6-7-19-17)11-5-4-10(18)9-13(11)20-15/h2-5,8-9,19-20H,6-7H2,1H3. The van der Waals surface area contributed by atoms with E-state index in [1.807, 2.05) is 12.1 Å². The van der Waals surface area contributed by atoms with Crippen molar-refractivity contribution in [3.05, 3.63) is 58.1 Å². The number of ether oxygens (including phenoxy) is 1. The Morgan fingerprint density at radius 2 is 2.26 bits per heavy atom. The summed E-state index contributed by atoms with van der Waals surface area (Å²) in [5, 5.41) is 4.42. The molecule has 2 N–H and O–H groups in total. The van der Waals surface area contributed by atoms with E-state index < -0.39 is 5.54 Å². The molecule has 1 aromatic carbocycles. The zero-order valence-electron chi connectivity index (χ0n) is 12.5. The van der Waals surface area contributed by atoms with Crippen LogP contribution in [0.15, 0.2) is 45.5 Å². The van der Waals surface area contributed by atoms with E-state index in [0.29, 0.717) is 12.3 Å². The van der Waals surface area contributed by atoms with Gasteiger partial charge in [0, 0.05) is 21.9 Å². The first-order valence-corrected chi connectivity index (χ1v) is 8.14. The number of esters is 1. The zero-order chi connectivity index (χ0) is 16.0. The molecule has 1 unspecified atom stereocenters. The molecule has 118 valence electrons. The molecule has 4 rings (SSSR count). The lowest BCUT2D eigenvalue weighted by Crippen LogP contribution is -2.54. The smallest absolute Gasteiger partial charge is 0.340 e. The van der Waals surface area contributed by atoms with E-state index in [9.17, 15) is 4.79 Å². The van der Waals surface area contributed by atoms with Gasteiger partial charge in [0.25, 0.3) is 0 Å². The normalized spacial score (nSPS) is 20.4. The van der Waals surface area contributed by atoms with Gasteiger partial charge in [-0.2, -0.15) is 0 Å². The summed E-state index contributed by atoms with van der Waals surface area (Å²) in [6.45, 7) is 0.659. The average Bonchev–Trinajstić information content (AvgIpc) is 3.21. The van der Waals surface area contributed by atoms with E-state index in [4.69, 9.17) is 9.15 Å². The molecule has 23 heavy (non-hydrogen) atoms. The Morgan fingerprint density at radius 1 is 1.39 bits per heavy atom. The lowest BCUT2D eigenvalue weighted by atomic mass is 9.84. The summed E-state index contributed by atoms with van der Waals surface area (Å²) in [7, 11) is 1.39. The Morgan fingerprint density at radius 3 is 3.00 bits per heavy atom. The monoisotopic (exact) mass is 374 g/mol. The number of rotatable bonds is 2. The Labute approximate surface area is 141 Å². The highest BCUT2D eigenvalue weighted by atomic mass is 79.9. The molecule has 0 radical (unpaired) electrons. The quantitative estimate of drug-likeness (QED) is 0.676. The molecular weight excluding hydrogens is 360 g/mol. The summed E-state index contributed by atoms with van der Waals surface area (Å²) in [5.74, 6) is 0.134. The number of halogens is 1. The number of nitrogens with one attached hydrogen (secondary N) is 2. The molecule has 0 saturated carbocycles. The molecule has 2 aromatic heterocycles. The SMILES string of the molecule is COC(=O)C1(c2ccco2)NCCc2c1[nH]c1cc(Br)ccc21. The minimum absolute atomic E-state index is 0.390. The molecule has 3 heterocycles. The van der Waals surface area contributed by atoms with Crippen LogP contribution in [0.3, 0.4) is 0 Å². The summed E-state index contributed by atoms with van der Waals surface area (Å²) in [6.07, 6.45) is 2.39. The minimum Gasteiger partial charge on any atom is -0.467 e. The van der Waals surface area contributed by atoms with Crippen LogP contribution in [0, 0.1) is 0 Å². The largest absolute Gasteiger partial charge is 0.467 e. The molecule has 3 aromatic rings. The lowest BCUT2D eigenvalue weighted by Gasteiger charge is -2.34. The van der Waals surface area contributed by atoms with Crippen LogP contribution in [0.2, 0.25) is 0 Å². The van der Waals surface area contributed by atoms with Crippen molar-refractivity contribution >= 4 is 32.8 Å². The molecule has 0 saturated heterocycles. The van der Waals surface area contributed by atoms with Crippen LogP contribution in [0.25, 0.3) is 10.9 Å². The van der Waals surface area contributed by atoms with Gasteiger partial charge in [-0.25, -0.2) is 4.79 Å². The second-order valence-corrected chi connectivity index (χ2v) is 6.48. The van der Waals surface area contributed by atoms with E-state index in [1.165, 1.54) is 7.11 Å². The molecule has 0 spiro atoms. The summed E-state index contributed by atoms with van der Waals surface area (Å²) < 4.78 is 11.7. The number of H-pyrrole nitrogens is 1. The second kappa shape index (κ2) is 5.25. The number of hydrogen-bond acceptors (Lipinski definition) is 4. The predicted octanol–water partition coefficient (Wildman–Crippen LogP) is 3.09. The van der Waals surface area contributed by atoms with Crippen LogP contribution < -0.4 is 5.32 Å². The fraction of sp³-hybridized carbons (Fsp3) is 0.235. The topological polar surface area (TPSA) is 67.3 Å². The Balaban J connectivity index is 2.04. The molecule has 0 bridgehead atoms. The summed E-state index contributed by atoms with van der Waals surface area (Å²) >= 11 is 3.49. The van der Waals surface area contributed by atoms with Crippen molar-refractivity contribution in [1.29, 1.82) is 0 Å².